The van der Waals surface area contributed by atoms with Crippen LogP contribution in [0.15, 0.2) is 18.2 Å². The highest BCUT2D eigenvalue weighted by molar-refractivity contribution is 5.18. The average molecular weight is 239 g/mol. The van der Waals surface area contributed by atoms with E-state index in [1.807, 2.05) is 0 Å². The molecule has 0 spiro atoms. The molecule has 2 rings (SSSR count). The Morgan fingerprint density at radius 2 is 2.12 bits per heavy atom. The van der Waals surface area contributed by atoms with Gasteiger partial charge in [-0.25, -0.2) is 8.78 Å². The molecular weight excluding hydrogens is 220 g/mol. The van der Waals surface area contributed by atoms with Crippen molar-refractivity contribution < 1.29 is 8.78 Å². The van der Waals surface area contributed by atoms with E-state index in [0.29, 0.717) is 23.6 Å². The summed E-state index contributed by atoms with van der Waals surface area (Å²) in [5.74, 6) is -0.717. The largest absolute Gasteiger partial charge is 0.310 e. The molecule has 1 aliphatic rings. The molecule has 0 amide bonds. The lowest BCUT2D eigenvalue weighted by molar-refractivity contribution is 0.363. The Morgan fingerprint density at radius 3 is 2.76 bits per heavy atom. The second kappa shape index (κ2) is 4.73. The molecule has 0 radical (unpaired) electrons. The molecule has 17 heavy (non-hydrogen) atoms. The third-order valence-corrected chi connectivity index (χ3v) is 3.56. The van der Waals surface area contributed by atoms with Gasteiger partial charge in [0.2, 0.25) is 0 Å². The topological polar surface area (TPSA) is 12.0 Å². The smallest absolute Gasteiger partial charge is 0.127 e. The number of halogens is 2. The quantitative estimate of drug-likeness (QED) is 0.849. The number of nitrogens with one attached hydrogen (secondary N) is 1. The molecular formula is C14H19F2N. The van der Waals surface area contributed by atoms with Crippen molar-refractivity contribution in [1.82, 2.24) is 5.32 Å². The Balaban J connectivity index is 1.92. The van der Waals surface area contributed by atoms with Gasteiger partial charge < -0.3 is 5.32 Å². The monoisotopic (exact) mass is 239 g/mol. The van der Waals surface area contributed by atoms with Crippen LogP contribution in [0.3, 0.4) is 0 Å². The van der Waals surface area contributed by atoms with Crippen LogP contribution in [0.4, 0.5) is 8.78 Å². The van der Waals surface area contributed by atoms with Crippen molar-refractivity contribution in [1.29, 1.82) is 0 Å². The van der Waals surface area contributed by atoms with Crippen LogP contribution in [-0.2, 0) is 6.54 Å². The second-order valence-corrected chi connectivity index (χ2v) is 5.72. The Labute approximate surface area is 101 Å². The van der Waals surface area contributed by atoms with Gasteiger partial charge in [0.1, 0.15) is 11.6 Å². The lowest BCUT2D eigenvalue weighted by atomic mass is 9.92. The van der Waals surface area contributed by atoms with Crippen LogP contribution in [0.1, 0.15) is 38.7 Å². The molecule has 3 heteroatoms. The van der Waals surface area contributed by atoms with Crippen molar-refractivity contribution in [2.75, 3.05) is 0 Å². The van der Waals surface area contributed by atoms with E-state index in [4.69, 9.17) is 0 Å². The fraction of sp³-hybridized carbons (Fsp3) is 0.571. The van der Waals surface area contributed by atoms with Gasteiger partial charge in [-0.2, -0.15) is 0 Å². The van der Waals surface area contributed by atoms with E-state index in [0.717, 1.165) is 18.9 Å². The molecule has 1 aliphatic carbocycles. The molecule has 0 aliphatic heterocycles. The summed E-state index contributed by atoms with van der Waals surface area (Å²) in [6.45, 7) is 4.90. The summed E-state index contributed by atoms with van der Waals surface area (Å²) in [5.41, 5.74) is 0.785. The Morgan fingerprint density at radius 1 is 1.35 bits per heavy atom. The number of benzene rings is 1. The summed E-state index contributed by atoms with van der Waals surface area (Å²) in [6, 6.07) is 4.03. The van der Waals surface area contributed by atoms with E-state index >= 15 is 0 Å². The molecule has 0 aromatic heterocycles. The third kappa shape index (κ3) is 3.25. The highest BCUT2D eigenvalue weighted by Gasteiger charge is 2.30. The average Bonchev–Trinajstić information content (AvgIpc) is 2.60. The summed E-state index contributed by atoms with van der Waals surface area (Å²) in [4.78, 5) is 0. The molecule has 1 unspecified atom stereocenters. The zero-order chi connectivity index (χ0) is 12.5. The van der Waals surface area contributed by atoms with Gasteiger partial charge in [-0.15, -0.1) is 0 Å². The highest BCUT2D eigenvalue weighted by atomic mass is 19.1. The standard InChI is InChI=1S/C14H19F2N/c1-14(2)6-5-12(8-14)17-9-10-7-11(15)3-4-13(10)16/h3-4,7,12,17H,5-6,8-9H2,1-2H3. The molecule has 1 aromatic carbocycles. The molecule has 1 N–H and O–H groups in total. The molecule has 94 valence electrons. The molecule has 1 saturated carbocycles. The van der Waals surface area contributed by atoms with Gasteiger partial charge in [0.15, 0.2) is 0 Å². The first-order chi connectivity index (χ1) is 7.96. The highest BCUT2D eigenvalue weighted by Crippen LogP contribution is 2.36. The maximum Gasteiger partial charge on any atom is 0.127 e. The first kappa shape index (κ1) is 12.5. The summed E-state index contributed by atoms with van der Waals surface area (Å²) < 4.78 is 26.4. The van der Waals surface area contributed by atoms with Crippen LogP contribution in [0.5, 0.6) is 0 Å². The van der Waals surface area contributed by atoms with Crippen molar-refractivity contribution in [3.05, 3.63) is 35.4 Å². The Kier molecular flexibility index (Phi) is 3.48. The van der Waals surface area contributed by atoms with E-state index in [1.54, 1.807) is 0 Å². The third-order valence-electron chi connectivity index (χ3n) is 3.56. The minimum atomic E-state index is -0.380. The molecule has 0 heterocycles. The predicted molar refractivity (Wildman–Crippen MR) is 64.6 cm³/mol. The molecule has 1 nitrogen and oxygen atoms in total. The summed E-state index contributed by atoms with van der Waals surface area (Å²) >= 11 is 0. The van der Waals surface area contributed by atoms with Gasteiger partial charge in [0.05, 0.1) is 0 Å². The zero-order valence-corrected chi connectivity index (χ0v) is 10.4. The number of hydrogen-bond donors (Lipinski definition) is 1. The summed E-state index contributed by atoms with van der Waals surface area (Å²) in [5, 5.41) is 3.31. The fourth-order valence-corrected chi connectivity index (χ4v) is 2.54. The first-order valence-corrected chi connectivity index (χ1v) is 6.14. The van der Waals surface area contributed by atoms with E-state index in [9.17, 15) is 8.78 Å². The van der Waals surface area contributed by atoms with Crippen molar-refractivity contribution in [3.8, 4) is 0 Å². The molecule has 1 aromatic rings. The van der Waals surface area contributed by atoms with E-state index in [1.165, 1.54) is 18.6 Å². The molecule has 1 atom stereocenters. The van der Waals surface area contributed by atoms with Crippen LogP contribution in [0, 0.1) is 17.0 Å². The van der Waals surface area contributed by atoms with Gasteiger partial charge in [-0.1, -0.05) is 13.8 Å². The lowest BCUT2D eigenvalue weighted by Crippen LogP contribution is -2.27. The number of rotatable bonds is 3. The Bertz CT molecular complexity index is 401. The lowest BCUT2D eigenvalue weighted by Gasteiger charge is -2.18. The Hall–Kier alpha value is -0.960. The van der Waals surface area contributed by atoms with Gasteiger partial charge >= 0.3 is 0 Å². The van der Waals surface area contributed by atoms with Crippen molar-refractivity contribution in [3.63, 3.8) is 0 Å². The van der Waals surface area contributed by atoms with Crippen molar-refractivity contribution in [2.45, 2.75) is 45.7 Å². The van der Waals surface area contributed by atoms with E-state index < -0.39 is 0 Å². The fourth-order valence-electron chi connectivity index (χ4n) is 2.54. The van der Waals surface area contributed by atoms with Crippen LogP contribution >= 0.6 is 0 Å². The number of hydrogen-bond acceptors (Lipinski definition) is 1. The van der Waals surface area contributed by atoms with Crippen molar-refractivity contribution >= 4 is 0 Å². The maximum absolute atomic E-state index is 13.4. The summed E-state index contributed by atoms with van der Waals surface area (Å²) in [7, 11) is 0. The van der Waals surface area contributed by atoms with Gasteiger partial charge in [0.25, 0.3) is 0 Å². The minimum absolute atomic E-state index is 0.337. The first-order valence-electron chi connectivity index (χ1n) is 6.14. The van der Waals surface area contributed by atoms with Crippen LogP contribution in [0.2, 0.25) is 0 Å². The van der Waals surface area contributed by atoms with Gasteiger partial charge in [-0.3, -0.25) is 0 Å². The van der Waals surface area contributed by atoms with Crippen molar-refractivity contribution in [2.24, 2.45) is 5.41 Å². The van der Waals surface area contributed by atoms with Crippen LogP contribution in [-0.4, -0.2) is 6.04 Å². The van der Waals surface area contributed by atoms with Crippen LogP contribution < -0.4 is 5.32 Å². The van der Waals surface area contributed by atoms with Crippen LogP contribution in [0.25, 0.3) is 0 Å². The van der Waals surface area contributed by atoms with E-state index in [-0.39, 0.29) is 11.6 Å². The van der Waals surface area contributed by atoms with Gasteiger partial charge in [0, 0.05) is 18.2 Å². The summed E-state index contributed by atoms with van der Waals surface area (Å²) in [6.07, 6.45) is 3.41. The predicted octanol–water partition coefficient (Wildman–Crippen LogP) is 3.63. The normalized spacial score (nSPS) is 22.9. The molecule has 1 fully saturated rings. The molecule has 0 bridgehead atoms. The van der Waals surface area contributed by atoms with Gasteiger partial charge in [-0.05, 0) is 42.9 Å². The zero-order valence-electron chi connectivity index (χ0n) is 10.4. The SMILES string of the molecule is CC1(C)CCC(NCc2cc(F)ccc2F)C1. The van der Waals surface area contributed by atoms with E-state index in [2.05, 4.69) is 19.2 Å². The molecule has 0 saturated heterocycles. The second-order valence-electron chi connectivity index (χ2n) is 5.72. The minimum Gasteiger partial charge on any atom is -0.310 e. The maximum atomic E-state index is 13.4.